The molecular weight excluding hydrogens is 444 g/mol. The fourth-order valence-corrected chi connectivity index (χ4v) is 3.32. The summed E-state index contributed by atoms with van der Waals surface area (Å²) in [6, 6.07) is 10.9. The third kappa shape index (κ3) is 5.26. The normalized spacial score (nSPS) is 11.3. The predicted octanol–water partition coefficient (Wildman–Crippen LogP) is 4.36. The van der Waals surface area contributed by atoms with Crippen molar-refractivity contribution in [2.45, 2.75) is 33.1 Å². The van der Waals surface area contributed by atoms with Crippen molar-refractivity contribution in [2.24, 2.45) is 7.05 Å². The summed E-state index contributed by atoms with van der Waals surface area (Å²) in [6.45, 7) is 8.09. The molecule has 2 N–H and O–H groups in total. The quantitative estimate of drug-likeness (QED) is 0.425. The Labute approximate surface area is 203 Å². The molecule has 0 saturated heterocycles. The molecule has 10 nitrogen and oxygen atoms in total. The molecule has 0 aliphatic rings. The maximum Gasteiger partial charge on any atom is 0.273 e. The number of amides is 1. The van der Waals surface area contributed by atoms with Crippen molar-refractivity contribution >= 4 is 17.5 Å². The number of benzene rings is 1. The Hall–Kier alpha value is -4.34. The molecule has 0 bridgehead atoms. The Balaban J connectivity index is 1.60. The van der Waals surface area contributed by atoms with Crippen molar-refractivity contribution in [2.75, 3.05) is 17.7 Å². The highest BCUT2D eigenvalue weighted by Crippen LogP contribution is 2.32. The summed E-state index contributed by atoms with van der Waals surface area (Å²) in [4.78, 5) is 30.0. The molecule has 10 heteroatoms. The minimum atomic E-state index is -0.256. The van der Waals surface area contributed by atoms with E-state index < -0.39 is 0 Å². The molecule has 3 heterocycles. The zero-order valence-electron chi connectivity index (χ0n) is 20.6. The van der Waals surface area contributed by atoms with Crippen LogP contribution in [0.25, 0.3) is 11.4 Å². The summed E-state index contributed by atoms with van der Waals surface area (Å²) in [7, 11) is 3.50. The number of aryl methyl sites for hydroxylation is 2. The van der Waals surface area contributed by atoms with Gasteiger partial charge in [0.15, 0.2) is 5.82 Å². The van der Waals surface area contributed by atoms with E-state index in [2.05, 4.69) is 56.4 Å². The van der Waals surface area contributed by atoms with Crippen molar-refractivity contribution in [3.05, 3.63) is 65.9 Å². The minimum Gasteiger partial charge on any atom is -0.438 e. The zero-order valence-corrected chi connectivity index (χ0v) is 20.6. The molecule has 3 aromatic heterocycles. The van der Waals surface area contributed by atoms with Crippen LogP contribution in [0, 0.1) is 6.92 Å². The maximum atomic E-state index is 13.0. The Morgan fingerprint density at radius 1 is 1.09 bits per heavy atom. The molecule has 1 aromatic carbocycles. The van der Waals surface area contributed by atoms with E-state index >= 15 is 0 Å². The van der Waals surface area contributed by atoms with Crippen molar-refractivity contribution in [3.8, 4) is 23.0 Å². The van der Waals surface area contributed by atoms with E-state index in [0.717, 1.165) is 11.3 Å². The summed E-state index contributed by atoms with van der Waals surface area (Å²) in [5, 5.41) is 10.3. The Kier molecular flexibility index (Phi) is 6.46. The van der Waals surface area contributed by atoms with E-state index in [4.69, 9.17) is 4.74 Å². The van der Waals surface area contributed by atoms with E-state index in [1.54, 1.807) is 37.1 Å². The summed E-state index contributed by atoms with van der Waals surface area (Å²) in [5.41, 5.74) is 3.24. The second kappa shape index (κ2) is 9.49. The number of hydrogen-bond acceptors (Lipinski definition) is 8. The van der Waals surface area contributed by atoms with Crippen LogP contribution in [-0.2, 0) is 12.5 Å². The molecule has 1 amide bonds. The second-order valence-corrected chi connectivity index (χ2v) is 9.06. The maximum absolute atomic E-state index is 13.0. The van der Waals surface area contributed by atoms with Crippen LogP contribution < -0.4 is 15.4 Å². The van der Waals surface area contributed by atoms with Crippen LogP contribution in [0.5, 0.6) is 11.6 Å². The summed E-state index contributed by atoms with van der Waals surface area (Å²) < 4.78 is 7.76. The van der Waals surface area contributed by atoms with Crippen LogP contribution >= 0.6 is 0 Å². The monoisotopic (exact) mass is 472 g/mol. The second-order valence-electron chi connectivity index (χ2n) is 9.06. The molecule has 0 radical (unpaired) electrons. The first-order chi connectivity index (χ1) is 16.7. The molecule has 35 heavy (non-hydrogen) atoms. The highest BCUT2D eigenvalue weighted by Gasteiger charge is 2.22. The van der Waals surface area contributed by atoms with Gasteiger partial charge in [0.2, 0.25) is 11.8 Å². The number of nitrogens with one attached hydrogen (secondary N) is 2. The predicted molar refractivity (Wildman–Crippen MR) is 134 cm³/mol. The lowest BCUT2D eigenvalue weighted by molar-refractivity contribution is 0.101. The van der Waals surface area contributed by atoms with Crippen LogP contribution in [0.3, 0.4) is 0 Å². The van der Waals surface area contributed by atoms with Crippen LogP contribution in [0.4, 0.5) is 11.6 Å². The van der Waals surface area contributed by atoms with Crippen molar-refractivity contribution < 1.29 is 9.53 Å². The van der Waals surface area contributed by atoms with Crippen LogP contribution in [-0.4, -0.2) is 42.7 Å². The molecule has 0 aliphatic carbocycles. The number of rotatable bonds is 6. The van der Waals surface area contributed by atoms with Gasteiger partial charge in [-0.25, -0.2) is 15.0 Å². The molecule has 0 fully saturated rings. The molecule has 180 valence electrons. The Bertz CT molecular complexity index is 1370. The molecule has 4 rings (SSSR count). The minimum absolute atomic E-state index is 0.159. The van der Waals surface area contributed by atoms with Gasteiger partial charge in [-0.1, -0.05) is 26.8 Å². The van der Waals surface area contributed by atoms with Gasteiger partial charge in [-0.2, -0.15) is 10.1 Å². The van der Waals surface area contributed by atoms with Crippen molar-refractivity contribution in [3.63, 3.8) is 0 Å². The van der Waals surface area contributed by atoms with Gasteiger partial charge in [-0.15, -0.1) is 0 Å². The first-order valence-electron chi connectivity index (χ1n) is 11.1. The first-order valence-corrected chi connectivity index (χ1v) is 11.1. The summed E-state index contributed by atoms with van der Waals surface area (Å²) in [5.74, 6) is 1.50. The molecule has 0 saturated carbocycles. The fourth-order valence-electron chi connectivity index (χ4n) is 3.32. The Morgan fingerprint density at radius 2 is 1.89 bits per heavy atom. The van der Waals surface area contributed by atoms with Crippen LogP contribution in [0.1, 0.15) is 42.5 Å². The number of carbonyl (C=O) groups excluding carboxylic acids is 1. The number of aromatic nitrogens is 6. The van der Waals surface area contributed by atoms with Crippen molar-refractivity contribution in [1.82, 2.24) is 29.7 Å². The number of nitrogens with zero attached hydrogens (tertiary/aromatic N) is 6. The van der Waals surface area contributed by atoms with Gasteiger partial charge in [-0.3, -0.25) is 9.48 Å². The molecule has 0 aliphatic heterocycles. The van der Waals surface area contributed by atoms with Crippen molar-refractivity contribution in [1.29, 1.82) is 0 Å². The fraction of sp³-hybridized carbons (Fsp3) is 0.280. The number of hydrogen-bond donors (Lipinski definition) is 2. The molecule has 0 unspecified atom stereocenters. The van der Waals surface area contributed by atoms with E-state index in [1.165, 1.54) is 6.33 Å². The molecular formula is C25H28N8O2. The van der Waals surface area contributed by atoms with E-state index in [9.17, 15) is 4.79 Å². The lowest BCUT2D eigenvalue weighted by atomic mass is 9.92. The third-order valence-corrected chi connectivity index (χ3v) is 5.34. The highest BCUT2D eigenvalue weighted by molar-refractivity contribution is 6.03. The number of ether oxygens (including phenoxy) is 1. The average molecular weight is 473 g/mol. The first kappa shape index (κ1) is 23.8. The van der Waals surface area contributed by atoms with Gasteiger partial charge < -0.3 is 15.4 Å². The average Bonchev–Trinajstić information content (AvgIpc) is 3.24. The molecule has 0 atom stereocenters. The molecule has 0 spiro atoms. The van der Waals surface area contributed by atoms with Gasteiger partial charge in [-0.05, 0) is 36.8 Å². The van der Waals surface area contributed by atoms with Gasteiger partial charge in [0, 0.05) is 37.5 Å². The SMILES string of the molecule is CNc1ncnc(-c2cccnc2Oc2cc(NC(=O)c3cc(C(C)(C)C)nn3C)ccc2C)n1. The van der Waals surface area contributed by atoms with Gasteiger partial charge >= 0.3 is 0 Å². The lowest BCUT2D eigenvalue weighted by Crippen LogP contribution is -2.16. The Morgan fingerprint density at radius 3 is 2.60 bits per heavy atom. The smallest absolute Gasteiger partial charge is 0.273 e. The van der Waals surface area contributed by atoms with Crippen LogP contribution in [0.2, 0.25) is 0 Å². The zero-order chi connectivity index (χ0) is 25.2. The molecule has 4 aromatic rings. The van der Waals surface area contributed by atoms with E-state index in [0.29, 0.717) is 40.3 Å². The lowest BCUT2D eigenvalue weighted by Gasteiger charge is -2.13. The number of pyridine rings is 1. The third-order valence-electron chi connectivity index (χ3n) is 5.34. The van der Waals surface area contributed by atoms with Gasteiger partial charge in [0.1, 0.15) is 17.8 Å². The largest absolute Gasteiger partial charge is 0.438 e. The van der Waals surface area contributed by atoms with E-state index in [1.807, 2.05) is 31.2 Å². The van der Waals surface area contributed by atoms with Gasteiger partial charge in [0.05, 0.1) is 11.3 Å². The number of anilines is 2. The van der Waals surface area contributed by atoms with Gasteiger partial charge in [0.25, 0.3) is 5.91 Å². The van der Waals surface area contributed by atoms with Crippen LogP contribution in [0.15, 0.2) is 48.9 Å². The summed E-state index contributed by atoms with van der Waals surface area (Å²) >= 11 is 0. The standard InChI is InChI=1S/C25H28N8O2/c1-15-9-10-16(30-22(34)18-13-20(25(2,3)4)32-33(18)6)12-19(15)35-23-17(8-7-11-27-23)21-28-14-29-24(26-5)31-21/h7-14H,1-6H3,(H,30,34)(H,26,28,29,31). The topological polar surface area (TPSA) is 120 Å². The number of carbonyl (C=O) groups is 1. The van der Waals surface area contributed by atoms with E-state index in [-0.39, 0.29) is 11.3 Å². The highest BCUT2D eigenvalue weighted by atomic mass is 16.5. The summed E-state index contributed by atoms with van der Waals surface area (Å²) in [6.07, 6.45) is 3.06.